The summed E-state index contributed by atoms with van der Waals surface area (Å²) in [6.07, 6.45) is 15.3. The molecular weight excluding hydrogens is 765 g/mol. The van der Waals surface area contributed by atoms with Crippen LogP contribution in [0.2, 0.25) is 0 Å². The van der Waals surface area contributed by atoms with E-state index in [1.54, 1.807) is 14.2 Å². The van der Waals surface area contributed by atoms with Crippen LogP contribution in [0.1, 0.15) is 125 Å². The van der Waals surface area contributed by atoms with Crippen molar-refractivity contribution in [2.45, 2.75) is 105 Å². The molecule has 8 heteroatoms. The molecule has 0 atom stereocenters. The number of rotatable bonds is 19. The van der Waals surface area contributed by atoms with E-state index in [1.807, 2.05) is 67.3 Å². The third kappa shape index (κ3) is 13.3. The number of quaternary nitrogens is 1. The van der Waals surface area contributed by atoms with Gasteiger partial charge in [-0.2, -0.15) is 10.6 Å². The third-order valence-electron chi connectivity index (χ3n) is 12.0. The molecule has 1 aromatic heterocycles. The van der Waals surface area contributed by atoms with Gasteiger partial charge in [-0.05, 0) is 73.1 Å². The minimum Gasteiger partial charge on any atom is -0.385 e. The Balaban J connectivity index is 0.000000527. The van der Waals surface area contributed by atoms with Gasteiger partial charge in [0, 0.05) is 72.6 Å². The van der Waals surface area contributed by atoms with Gasteiger partial charge in [-0.3, -0.25) is 4.79 Å². The zero-order valence-electron chi connectivity index (χ0n) is 38.6. The summed E-state index contributed by atoms with van der Waals surface area (Å²) in [5, 5.41) is 12.3. The van der Waals surface area contributed by atoms with Crippen molar-refractivity contribution in [2.24, 2.45) is 11.8 Å². The number of fused-ring (bicyclic) bond motifs is 1. The molecule has 0 spiro atoms. The number of hydrogen-bond acceptors (Lipinski definition) is 5. The van der Waals surface area contributed by atoms with E-state index < -0.39 is 0 Å². The average molecular weight is 838 g/mol. The van der Waals surface area contributed by atoms with Crippen molar-refractivity contribution in [3.8, 4) is 16.9 Å². The van der Waals surface area contributed by atoms with Gasteiger partial charge in [0.25, 0.3) is 5.91 Å². The van der Waals surface area contributed by atoms with E-state index in [-0.39, 0.29) is 5.91 Å². The normalized spacial score (nSPS) is 13.6. The minimum absolute atomic E-state index is 0.111. The monoisotopic (exact) mass is 838 g/mol. The standard InChI is InChI=1S/C42H46N6O2.C10H20.C2H6/c1-28(2)35-17-18-36(39(25-35)46-50-6)27-47(26-31-11-12-31)29(3)23-24-44-30(4)32-19-21-37(22-20-32)48-40-10-8-7-9-38(40)41(45-48)33-13-15-34(16-14-33)42(49)43-5;1-2-3-7-10-8-5-4-6-9-10;1-2/h7-10,13-22,25,31,44,46H,1,3-4,11-12,23-24,26-27H2,2,5-6H3,(H,43,49);10H,2-9H2,1H3;1-2H3/p+1. The zero-order valence-corrected chi connectivity index (χ0v) is 38.6. The fourth-order valence-corrected chi connectivity index (χ4v) is 8.15. The molecule has 2 aliphatic carbocycles. The molecule has 330 valence electrons. The van der Waals surface area contributed by atoms with Gasteiger partial charge >= 0.3 is 0 Å². The average Bonchev–Trinajstić information content (AvgIpc) is 4.06. The molecule has 1 heterocycles. The molecule has 0 saturated heterocycles. The number of para-hydroxylation sites is 1. The summed E-state index contributed by atoms with van der Waals surface area (Å²) < 4.78 is 1.97. The smallest absolute Gasteiger partial charge is 0.251 e. The fourth-order valence-electron chi connectivity index (χ4n) is 8.15. The van der Waals surface area contributed by atoms with Crippen LogP contribution in [0.15, 0.2) is 116 Å². The van der Waals surface area contributed by atoms with Gasteiger partial charge in [0.15, 0.2) is 5.69 Å². The molecule has 0 radical (unpaired) electrons. The van der Waals surface area contributed by atoms with Crippen LogP contribution in [0.4, 0.5) is 5.69 Å². The highest BCUT2D eigenvalue weighted by atomic mass is 16.6. The van der Waals surface area contributed by atoms with Crippen molar-refractivity contribution < 1.29 is 15.1 Å². The summed E-state index contributed by atoms with van der Waals surface area (Å²) in [4.78, 5) is 19.9. The van der Waals surface area contributed by atoms with E-state index in [9.17, 15) is 4.79 Å². The molecule has 2 saturated carbocycles. The van der Waals surface area contributed by atoms with E-state index in [2.05, 4.69) is 96.8 Å². The molecule has 0 aliphatic heterocycles. The van der Waals surface area contributed by atoms with Gasteiger partial charge in [-0.25, -0.2) is 9.52 Å². The second kappa shape index (κ2) is 24.3. The number of hydrogen-bond donors (Lipinski definition) is 3. The lowest BCUT2D eigenvalue weighted by molar-refractivity contribution is -0.830. The Morgan fingerprint density at radius 2 is 1.55 bits per heavy atom. The highest BCUT2D eigenvalue weighted by Gasteiger charge is 2.26. The third-order valence-corrected chi connectivity index (χ3v) is 12.0. The molecule has 1 amide bonds. The van der Waals surface area contributed by atoms with Crippen LogP contribution in [0.3, 0.4) is 0 Å². The number of carbonyl (C=O) groups excluding carboxylic acids is 1. The first-order chi connectivity index (χ1) is 30.2. The Morgan fingerprint density at radius 1 is 0.871 bits per heavy atom. The molecule has 62 heavy (non-hydrogen) atoms. The summed E-state index contributed by atoms with van der Waals surface area (Å²) in [7, 11) is 3.33. The molecule has 0 unspecified atom stereocenters. The summed E-state index contributed by atoms with van der Waals surface area (Å²) in [5.41, 5.74) is 13.7. The van der Waals surface area contributed by atoms with Gasteiger partial charge < -0.3 is 15.5 Å². The lowest BCUT2D eigenvalue weighted by Crippen LogP contribution is -2.76. The van der Waals surface area contributed by atoms with E-state index in [4.69, 9.17) is 9.94 Å². The summed E-state index contributed by atoms with van der Waals surface area (Å²) >= 11 is 0. The van der Waals surface area contributed by atoms with Crippen LogP contribution in [0.5, 0.6) is 0 Å². The zero-order chi connectivity index (χ0) is 44.4. The summed E-state index contributed by atoms with van der Waals surface area (Å²) in [6, 6.07) is 30.5. The molecule has 4 N–H and O–H groups in total. The molecule has 4 aromatic carbocycles. The lowest BCUT2D eigenvalue weighted by atomic mass is 9.86. The van der Waals surface area contributed by atoms with Gasteiger partial charge in [0.05, 0.1) is 18.3 Å². The van der Waals surface area contributed by atoms with Crippen LogP contribution in [-0.2, 0) is 11.4 Å². The van der Waals surface area contributed by atoms with Crippen LogP contribution in [-0.4, -0.2) is 47.8 Å². The van der Waals surface area contributed by atoms with Gasteiger partial charge in [0.2, 0.25) is 0 Å². The Kier molecular flexibility index (Phi) is 18.6. The fraction of sp³-hybridized carbons (Fsp3) is 0.407. The molecule has 2 fully saturated rings. The van der Waals surface area contributed by atoms with Crippen LogP contribution in [0, 0.1) is 11.8 Å². The van der Waals surface area contributed by atoms with Gasteiger partial charge in [-0.15, -0.1) is 0 Å². The Labute approximate surface area is 372 Å². The summed E-state index contributed by atoms with van der Waals surface area (Å²) in [5.74, 6) is 1.73. The first-order valence-electron chi connectivity index (χ1n) is 23.1. The van der Waals surface area contributed by atoms with E-state index in [0.29, 0.717) is 5.56 Å². The second-order valence-corrected chi connectivity index (χ2v) is 16.7. The van der Waals surface area contributed by atoms with Crippen LogP contribution in [0.25, 0.3) is 39.1 Å². The maximum absolute atomic E-state index is 12.1. The van der Waals surface area contributed by atoms with Crippen molar-refractivity contribution in [1.29, 1.82) is 0 Å². The second-order valence-electron chi connectivity index (χ2n) is 16.7. The van der Waals surface area contributed by atoms with E-state index in [1.165, 1.54) is 69.8 Å². The predicted octanol–water partition coefficient (Wildman–Crippen LogP) is 12.0. The number of nitrogens with two attached hydrogens (primary N) is 1. The van der Waals surface area contributed by atoms with Crippen molar-refractivity contribution >= 4 is 33.8 Å². The minimum atomic E-state index is -0.111. The molecule has 5 aromatic rings. The van der Waals surface area contributed by atoms with Crippen molar-refractivity contribution in [2.75, 3.05) is 27.2 Å². The number of benzene rings is 4. The maximum atomic E-state index is 12.1. The van der Waals surface area contributed by atoms with E-state index >= 15 is 0 Å². The first-order valence-corrected chi connectivity index (χ1v) is 23.1. The van der Waals surface area contributed by atoms with Crippen LogP contribution < -0.4 is 16.1 Å². The predicted molar refractivity (Wildman–Crippen MR) is 261 cm³/mol. The highest BCUT2D eigenvalue weighted by Crippen LogP contribution is 2.33. The number of allylic oxidation sites excluding steroid dienone is 1. The topological polar surface area (TPSA) is 88.0 Å². The maximum Gasteiger partial charge on any atom is 0.251 e. The van der Waals surface area contributed by atoms with Gasteiger partial charge in [0.1, 0.15) is 5.69 Å². The van der Waals surface area contributed by atoms with Gasteiger partial charge in [-0.1, -0.05) is 152 Å². The highest BCUT2D eigenvalue weighted by molar-refractivity contribution is 5.97. The van der Waals surface area contributed by atoms with Crippen LogP contribution >= 0.6 is 0 Å². The summed E-state index contributed by atoms with van der Waals surface area (Å²) in [6.45, 7) is 23.8. The lowest BCUT2D eigenvalue weighted by Gasteiger charge is -2.28. The largest absolute Gasteiger partial charge is 0.385 e. The molecule has 8 nitrogen and oxygen atoms in total. The Bertz CT molecular complexity index is 2210. The SMILES string of the molecule is C=C(C)c1ccc(CN(CC2CC2)C(=C)CCNC(=C)c2ccc(-n3nc(-c4ccc(C(=O)NC)cc4)c4ccccc43)cc2)c([NH2+]OC)c1.CC.CCCCC1CCCCC1. The number of aromatic nitrogens is 2. The molecule has 0 bridgehead atoms. The quantitative estimate of drug-likeness (QED) is 0.0569. The molecule has 2 aliphatic rings. The van der Waals surface area contributed by atoms with Crippen molar-refractivity contribution in [3.05, 3.63) is 139 Å². The van der Waals surface area contributed by atoms with E-state index in [0.717, 1.165) is 99.5 Å². The molecule has 7 rings (SSSR count). The number of amides is 1. The first kappa shape index (κ1) is 47.6. The molecular formula is C54H73N6O2+. The Hall–Kier alpha value is -5.44. The Morgan fingerprint density at radius 3 is 2.19 bits per heavy atom. The number of unbranched alkanes of at least 4 members (excludes halogenated alkanes) is 1. The number of nitrogens with one attached hydrogen (secondary N) is 2. The number of carbonyl (C=O) groups is 1. The number of nitrogens with zero attached hydrogens (tertiary/aromatic N) is 3. The van der Waals surface area contributed by atoms with Crippen molar-refractivity contribution in [1.82, 2.24) is 25.3 Å². The van der Waals surface area contributed by atoms with Crippen molar-refractivity contribution in [3.63, 3.8) is 0 Å².